The van der Waals surface area contributed by atoms with Gasteiger partial charge in [0.25, 0.3) is 0 Å². The highest BCUT2D eigenvalue weighted by Crippen LogP contribution is 1.95. The van der Waals surface area contributed by atoms with Crippen LogP contribution < -0.4 is 5.32 Å². The van der Waals surface area contributed by atoms with Crippen LogP contribution in [0, 0.1) is 6.92 Å². The molecule has 0 fully saturated rings. The molecule has 0 radical (unpaired) electrons. The third-order valence-corrected chi connectivity index (χ3v) is 2.04. The molecule has 0 amide bonds. The number of hydrogen-bond acceptors (Lipinski definition) is 4. The lowest BCUT2D eigenvalue weighted by Gasteiger charge is -2.13. The van der Waals surface area contributed by atoms with E-state index in [2.05, 4.69) is 22.2 Å². The third-order valence-electron chi connectivity index (χ3n) is 2.04. The van der Waals surface area contributed by atoms with Crippen molar-refractivity contribution in [1.29, 1.82) is 0 Å². The van der Waals surface area contributed by atoms with E-state index < -0.39 is 0 Å². The highest BCUT2D eigenvalue weighted by Gasteiger charge is 2.01. The first-order chi connectivity index (χ1) is 7.22. The van der Waals surface area contributed by atoms with Gasteiger partial charge in [0, 0.05) is 25.4 Å². The van der Waals surface area contributed by atoms with E-state index in [0.29, 0.717) is 6.04 Å². The molecule has 84 valence electrons. The molecule has 15 heavy (non-hydrogen) atoms. The summed E-state index contributed by atoms with van der Waals surface area (Å²) in [5.74, 6) is 0.812. The highest BCUT2D eigenvalue weighted by molar-refractivity contribution is 5.01. The van der Waals surface area contributed by atoms with Crippen molar-refractivity contribution in [3.63, 3.8) is 0 Å². The number of ether oxygens (including phenoxy) is 1. The zero-order valence-corrected chi connectivity index (χ0v) is 9.66. The van der Waals surface area contributed by atoms with Gasteiger partial charge >= 0.3 is 0 Å². The van der Waals surface area contributed by atoms with Gasteiger partial charge in [0.2, 0.25) is 0 Å². The molecule has 1 rings (SSSR count). The first-order valence-corrected chi connectivity index (χ1v) is 5.32. The van der Waals surface area contributed by atoms with Crippen molar-refractivity contribution in [2.75, 3.05) is 13.2 Å². The molecule has 0 saturated carbocycles. The Labute approximate surface area is 91.1 Å². The summed E-state index contributed by atoms with van der Waals surface area (Å²) in [6.07, 6.45) is 1.78. The summed E-state index contributed by atoms with van der Waals surface area (Å²) in [5.41, 5.74) is 1.02. The van der Waals surface area contributed by atoms with Crippen LogP contribution in [0.25, 0.3) is 0 Å². The van der Waals surface area contributed by atoms with E-state index in [9.17, 15) is 0 Å². The van der Waals surface area contributed by atoms with E-state index in [1.807, 2.05) is 19.9 Å². The standard InChI is InChI=1S/C11H19N3O/c1-4-15-8-9(2)13-7-11-5-6-12-10(3)14-11/h5-6,9,13H,4,7-8H2,1-3H3. The summed E-state index contributed by atoms with van der Waals surface area (Å²) in [7, 11) is 0. The molecule has 1 atom stereocenters. The van der Waals surface area contributed by atoms with Gasteiger partial charge in [0.05, 0.1) is 12.3 Å². The van der Waals surface area contributed by atoms with Crippen molar-refractivity contribution in [2.45, 2.75) is 33.4 Å². The molecule has 0 aliphatic carbocycles. The van der Waals surface area contributed by atoms with Crippen LogP contribution in [0.15, 0.2) is 12.3 Å². The Balaban J connectivity index is 2.30. The molecule has 1 unspecified atom stereocenters. The van der Waals surface area contributed by atoms with Gasteiger partial charge in [0.15, 0.2) is 0 Å². The lowest BCUT2D eigenvalue weighted by atomic mass is 10.3. The number of nitrogens with zero attached hydrogens (tertiary/aromatic N) is 2. The molecular formula is C11H19N3O. The molecule has 4 heteroatoms. The Morgan fingerprint density at radius 1 is 1.53 bits per heavy atom. The fourth-order valence-electron chi connectivity index (χ4n) is 1.24. The van der Waals surface area contributed by atoms with E-state index in [-0.39, 0.29) is 0 Å². The van der Waals surface area contributed by atoms with Crippen molar-refractivity contribution in [2.24, 2.45) is 0 Å². The molecule has 0 aromatic carbocycles. The maximum Gasteiger partial charge on any atom is 0.125 e. The summed E-state index contributed by atoms with van der Waals surface area (Å²) in [6.45, 7) is 8.26. The maximum absolute atomic E-state index is 5.31. The molecular weight excluding hydrogens is 190 g/mol. The zero-order chi connectivity index (χ0) is 11.1. The topological polar surface area (TPSA) is 47.0 Å². The first-order valence-electron chi connectivity index (χ1n) is 5.32. The average Bonchev–Trinajstić information content (AvgIpc) is 2.23. The van der Waals surface area contributed by atoms with Crippen molar-refractivity contribution in [3.8, 4) is 0 Å². The summed E-state index contributed by atoms with van der Waals surface area (Å²) in [5, 5.41) is 3.35. The summed E-state index contributed by atoms with van der Waals surface area (Å²) >= 11 is 0. The Morgan fingerprint density at radius 3 is 3.00 bits per heavy atom. The molecule has 4 nitrogen and oxygen atoms in total. The van der Waals surface area contributed by atoms with E-state index in [0.717, 1.165) is 31.3 Å². The number of nitrogens with one attached hydrogen (secondary N) is 1. The monoisotopic (exact) mass is 209 g/mol. The van der Waals surface area contributed by atoms with E-state index >= 15 is 0 Å². The van der Waals surface area contributed by atoms with Gasteiger partial charge in [-0.2, -0.15) is 0 Å². The van der Waals surface area contributed by atoms with Crippen LogP contribution in [0.1, 0.15) is 25.4 Å². The first kappa shape index (κ1) is 12.1. The minimum atomic E-state index is 0.347. The van der Waals surface area contributed by atoms with Gasteiger partial charge < -0.3 is 10.1 Å². The second kappa shape index (κ2) is 6.48. The predicted molar refractivity (Wildman–Crippen MR) is 59.6 cm³/mol. The van der Waals surface area contributed by atoms with Gasteiger partial charge in [-0.3, -0.25) is 0 Å². The predicted octanol–water partition coefficient (Wildman–Crippen LogP) is 1.30. The van der Waals surface area contributed by atoms with E-state index in [1.54, 1.807) is 6.20 Å². The Bertz CT molecular complexity index is 291. The van der Waals surface area contributed by atoms with Crippen LogP contribution in [0.2, 0.25) is 0 Å². The van der Waals surface area contributed by atoms with Crippen LogP contribution in [-0.2, 0) is 11.3 Å². The van der Waals surface area contributed by atoms with Gasteiger partial charge in [-0.25, -0.2) is 9.97 Å². The Kier molecular flexibility index (Phi) is 5.21. The minimum absolute atomic E-state index is 0.347. The van der Waals surface area contributed by atoms with Gasteiger partial charge in [-0.05, 0) is 26.8 Å². The van der Waals surface area contributed by atoms with Crippen molar-refractivity contribution in [3.05, 3.63) is 23.8 Å². The molecule has 0 aliphatic rings. The lowest BCUT2D eigenvalue weighted by Crippen LogP contribution is -2.30. The molecule has 0 bridgehead atoms. The second-order valence-corrected chi connectivity index (χ2v) is 3.54. The molecule has 0 saturated heterocycles. The van der Waals surface area contributed by atoms with Crippen molar-refractivity contribution in [1.82, 2.24) is 15.3 Å². The summed E-state index contributed by atoms with van der Waals surface area (Å²) in [4.78, 5) is 8.36. The minimum Gasteiger partial charge on any atom is -0.380 e. The fraction of sp³-hybridized carbons (Fsp3) is 0.636. The number of aromatic nitrogens is 2. The van der Waals surface area contributed by atoms with Crippen LogP contribution in [0.5, 0.6) is 0 Å². The van der Waals surface area contributed by atoms with E-state index in [1.165, 1.54) is 0 Å². The molecule has 0 aliphatic heterocycles. The van der Waals surface area contributed by atoms with Crippen LogP contribution in [0.3, 0.4) is 0 Å². The lowest BCUT2D eigenvalue weighted by molar-refractivity contribution is 0.127. The number of rotatable bonds is 6. The smallest absolute Gasteiger partial charge is 0.125 e. The average molecular weight is 209 g/mol. The molecule has 0 spiro atoms. The van der Waals surface area contributed by atoms with Crippen molar-refractivity contribution >= 4 is 0 Å². The van der Waals surface area contributed by atoms with Gasteiger partial charge in [-0.15, -0.1) is 0 Å². The molecule has 1 aromatic heterocycles. The summed E-state index contributed by atoms with van der Waals surface area (Å²) in [6, 6.07) is 2.27. The zero-order valence-electron chi connectivity index (χ0n) is 9.66. The third kappa shape index (κ3) is 4.85. The van der Waals surface area contributed by atoms with Crippen LogP contribution in [-0.4, -0.2) is 29.2 Å². The van der Waals surface area contributed by atoms with Gasteiger partial charge in [0.1, 0.15) is 5.82 Å². The Hall–Kier alpha value is -1.00. The van der Waals surface area contributed by atoms with Crippen LogP contribution in [0.4, 0.5) is 0 Å². The molecule has 1 aromatic rings. The fourth-order valence-corrected chi connectivity index (χ4v) is 1.24. The van der Waals surface area contributed by atoms with Gasteiger partial charge in [-0.1, -0.05) is 0 Å². The number of aryl methyl sites for hydroxylation is 1. The van der Waals surface area contributed by atoms with Crippen molar-refractivity contribution < 1.29 is 4.74 Å². The normalized spacial score (nSPS) is 12.7. The number of hydrogen-bond donors (Lipinski definition) is 1. The summed E-state index contributed by atoms with van der Waals surface area (Å²) < 4.78 is 5.31. The maximum atomic E-state index is 5.31. The quantitative estimate of drug-likeness (QED) is 0.767. The van der Waals surface area contributed by atoms with Crippen LogP contribution >= 0.6 is 0 Å². The highest BCUT2D eigenvalue weighted by atomic mass is 16.5. The molecule has 1 N–H and O–H groups in total. The molecule has 1 heterocycles. The van der Waals surface area contributed by atoms with E-state index in [4.69, 9.17) is 4.74 Å². The SMILES string of the molecule is CCOCC(C)NCc1ccnc(C)n1. The second-order valence-electron chi connectivity index (χ2n) is 3.54. The largest absolute Gasteiger partial charge is 0.380 e. The Morgan fingerprint density at radius 2 is 2.33 bits per heavy atom.